The highest BCUT2D eigenvalue weighted by Crippen LogP contribution is 2.46. The molecule has 33 heavy (non-hydrogen) atoms. The van der Waals surface area contributed by atoms with Gasteiger partial charge in [-0.15, -0.1) is 0 Å². The van der Waals surface area contributed by atoms with Gasteiger partial charge in [0, 0.05) is 50.1 Å². The van der Waals surface area contributed by atoms with Gasteiger partial charge in [-0.05, 0) is 48.7 Å². The van der Waals surface area contributed by atoms with Gasteiger partial charge in [0.15, 0.2) is 0 Å². The third-order valence-electron chi connectivity index (χ3n) is 6.79. The van der Waals surface area contributed by atoms with Crippen molar-refractivity contribution in [3.05, 3.63) is 77.8 Å². The number of allylic oxidation sites excluding steroid dienone is 3. The maximum atomic E-state index is 14.1. The maximum Gasteiger partial charge on any atom is 0.225 e. The van der Waals surface area contributed by atoms with Crippen molar-refractivity contribution in [3.63, 3.8) is 0 Å². The first-order valence-corrected chi connectivity index (χ1v) is 11.6. The number of carbonyl (C=O) groups excluding carboxylic acids is 1. The third kappa shape index (κ3) is 4.63. The minimum absolute atomic E-state index is 0.0506. The zero-order chi connectivity index (χ0) is 22.8. The average molecular weight is 451 g/mol. The van der Waals surface area contributed by atoms with E-state index in [-0.39, 0.29) is 24.3 Å². The number of nitrogens with zero attached hydrogens (tertiary/aromatic N) is 3. The van der Waals surface area contributed by atoms with Crippen molar-refractivity contribution in [2.45, 2.75) is 37.4 Å². The van der Waals surface area contributed by atoms with Crippen molar-refractivity contribution in [2.24, 2.45) is 0 Å². The molecule has 1 aromatic carbocycles. The fourth-order valence-corrected chi connectivity index (χ4v) is 4.71. The molecule has 5 nitrogen and oxygen atoms in total. The van der Waals surface area contributed by atoms with Crippen molar-refractivity contribution in [1.29, 1.82) is 0 Å². The molecule has 2 aromatic rings. The summed E-state index contributed by atoms with van der Waals surface area (Å²) in [4.78, 5) is 21.7. The largest absolute Gasteiger partial charge is 0.368 e. The van der Waals surface area contributed by atoms with Gasteiger partial charge in [-0.2, -0.15) is 0 Å². The number of alkyl halides is 1. The second-order valence-corrected chi connectivity index (χ2v) is 9.00. The standard InChI is InChI=1S/C26H28F2N4O/c27-22-7-4-8-23(28)21(22)18-25(33)30-26(10-11-26)19-5-3-6-20(17-19)31-13-15-32(16-14-31)24-9-1-2-12-29-24/h1-7,9,12,17,23H,8,10-11,13-16,18H2,(H,30,33). The Balaban J connectivity index is 1.24. The zero-order valence-corrected chi connectivity index (χ0v) is 18.5. The number of hydrogen-bond acceptors (Lipinski definition) is 4. The summed E-state index contributed by atoms with van der Waals surface area (Å²) in [5.41, 5.74) is 1.69. The van der Waals surface area contributed by atoms with Crippen molar-refractivity contribution >= 4 is 17.4 Å². The van der Waals surface area contributed by atoms with E-state index in [2.05, 4.69) is 32.2 Å². The molecule has 3 aliphatic rings. The van der Waals surface area contributed by atoms with Crippen LogP contribution in [0, 0.1) is 0 Å². The van der Waals surface area contributed by atoms with Gasteiger partial charge >= 0.3 is 0 Å². The first kappa shape index (κ1) is 21.6. The highest BCUT2D eigenvalue weighted by atomic mass is 19.1. The minimum atomic E-state index is -1.43. The van der Waals surface area contributed by atoms with E-state index in [9.17, 15) is 13.6 Å². The molecule has 1 aliphatic heterocycles. The van der Waals surface area contributed by atoms with E-state index >= 15 is 0 Å². The van der Waals surface area contributed by atoms with E-state index in [1.54, 1.807) is 0 Å². The van der Waals surface area contributed by atoms with Crippen LogP contribution in [0.1, 0.15) is 31.2 Å². The molecule has 2 aliphatic carbocycles. The van der Waals surface area contributed by atoms with E-state index in [1.165, 1.54) is 12.2 Å². The lowest BCUT2D eigenvalue weighted by Gasteiger charge is -2.37. The van der Waals surface area contributed by atoms with Gasteiger partial charge in [-0.1, -0.05) is 24.3 Å². The summed E-state index contributed by atoms with van der Waals surface area (Å²) in [6.45, 7) is 3.56. The van der Waals surface area contributed by atoms with Crippen LogP contribution in [0.2, 0.25) is 0 Å². The van der Waals surface area contributed by atoms with Crippen LogP contribution in [0.5, 0.6) is 0 Å². The highest BCUT2D eigenvalue weighted by Gasteiger charge is 2.46. The number of rotatable bonds is 6. The molecule has 2 heterocycles. The van der Waals surface area contributed by atoms with E-state index < -0.39 is 17.5 Å². The summed E-state index contributed by atoms with van der Waals surface area (Å²) in [5, 5.41) is 3.07. The van der Waals surface area contributed by atoms with Gasteiger partial charge < -0.3 is 15.1 Å². The van der Waals surface area contributed by atoms with Gasteiger partial charge in [-0.3, -0.25) is 4.79 Å². The molecule has 1 N–H and O–H groups in total. The Hall–Kier alpha value is -3.22. The Morgan fingerprint density at radius 1 is 1.09 bits per heavy atom. The first-order valence-electron chi connectivity index (χ1n) is 11.6. The quantitative estimate of drug-likeness (QED) is 0.708. The Kier molecular flexibility index (Phi) is 5.87. The summed E-state index contributed by atoms with van der Waals surface area (Å²) in [6.07, 6.45) is 4.65. The number of aromatic nitrogens is 1. The summed E-state index contributed by atoms with van der Waals surface area (Å²) in [6, 6.07) is 14.3. The lowest BCUT2D eigenvalue weighted by molar-refractivity contribution is -0.121. The van der Waals surface area contributed by atoms with Crippen LogP contribution in [0.4, 0.5) is 20.3 Å². The van der Waals surface area contributed by atoms with Crippen molar-refractivity contribution < 1.29 is 13.6 Å². The van der Waals surface area contributed by atoms with Crippen LogP contribution < -0.4 is 15.1 Å². The fourth-order valence-electron chi connectivity index (χ4n) is 4.71. The molecule has 5 rings (SSSR count). The number of pyridine rings is 1. The van der Waals surface area contributed by atoms with Crippen molar-refractivity contribution in [2.75, 3.05) is 36.0 Å². The number of anilines is 2. The predicted molar refractivity (Wildman–Crippen MR) is 126 cm³/mol. The van der Waals surface area contributed by atoms with Crippen LogP contribution >= 0.6 is 0 Å². The van der Waals surface area contributed by atoms with Crippen LogP contribution in [0.3, 0.4) is 0 Å². The summed E-state index contributed by atoms with van der Waals surface area (Å²) >= 11 is 0. The molecular weight excluding hydrogens is 422 g/mol. The first-order chi connectivity index (χ1) is 16.0. The number of carbonyl (C=O) groups is 1. The molecule has 0 spiro atoms. The van der Waals surface area contributed by atoms with E-state index in [1.807, 2.05) is 36.5 Å². The average Bonchev–Trinajstić information content (AvgIpc) is 3.63. The predicted octanol–water partition coefficient (Wildman–Crippen LogP) is 4.43. The highest BCUT2D eigenvalue weighted by molar-refractivity contribution is 5.80. The molecule has 1 aromatic heterocycles. The molecule has 1 amide bonds. The van der Waals surface area contributed by atoms with Gasteiger partial charge in [0.1, 0.15) is 17.8 Å². The van der Waals surface area contributed by atoms with Gasteiger partial charge in [-0.25, -0.2) is 13.8 Å². The zero-order valence-electron chi connectivity index (χ0n) is 18.5. The summed E-state index contributed by atoms with van der Waals surface area (Å²) in [5.74, 6) is 0.0478. The molecule has 172 valence electrons. The van der Waals surface area contributed by atoms with Crippen LogP contribution in [-0.2, 0) is 10.3 Å². The number of nitrogens with one attached hydrogen (secondary N) is 1. The fraction of sp³-hybridized carbons (Fsp3) is 0.385. The van der Waals surface area contributed by atoms with Crippen LogP contribution in [0.15, 0.2) is 72.2 Å². The molecular formula is C26H28F2N4O. The summed E-state index contributed by atoms with van der Waals surface area (Å²) in [7, 11) is 0. The van der Waals surface area contributed by atoms with E-state index in [4.69, 9.17) is 0 Å². The molecule has 0 radical (unpaired) electrons. The molecule has 1 saturated carbocycles. The molecule has 2 fully saturated rings. The van der Waals surface area contributed by atoms with E-state index in [0.29, 0.717) is 0 Å². The Bertz CT molecular complexity index is 1070. The third-order valence-corrected chi connectivity index (χ3v) is 6.79. The number of benzene rings is 1. The molecule has 1 atom stereocenters. The Labute approximate surface area is 192 Å². The van der Waals surface area contributed by atoms with Crippen molar-refractivity contribution in [3.8, 4) is 0 Å². The number of hydrogen-bond donors (Lipinski definition) is 1. The number of halogens is 2. The smallest absolute Gasteiger partial charge is 0.225 e. The molecule has 1 saturated heterocycles. The van der Waals surface area contributed by atoms with Gasteiger partial charge in [0.2, 0.25) is 5.91 Å². The van der Waals surface area contributed by atoms with E-state index in [0.717, 1.165) is 56.1 Å². The second-order valence-electron chi connectivity index (χ2n) is 9.00. The number of amides is 1. The lowest BCUT2D eigenvalue weighted by atomic mass is 9.98. The lowest BCUT2D eigenvalue weighted by Crippen LogP contribution is -2.47. The topological polar surface area (TPSA) is 48.5 Å². The number of piperazine rings is 1. The molecule has 1 unspecified atom stereocenters. The monoisotopic (exact) mass is 450 g/mol. The van der Waals surface area contributed by atoms with Crippen LogP contribution in [0.25, 0.3) is 0 Å². The van der Waals surface area contributed by atoms with Crippen LogP contribution in [-0.4, -0.2) is 43.2 Å². The summed E-state index contributed by atoms with van der Waals surface area (Å²) < 4.78 is 28.1. The molecule has 7 heteroatoms. The Morgan fingerprint density at radius 2 is 1.88 bits per heavy atom. The second kappa shape index (κ2) is 8.96. The SMILES string of the molecule is O=C(CC1=C(F)C=CCC1F)NC1(c2cccc(N3CCN(c4ccccn4)CC3)c2)CC1. The molecule has 0 bridgehead atoms. The van der Waals surface area contributed by atoms with Gasteiger partial charge in [0.05, 0.1) is 12.0 Å². The van der Waals surface area contributed by atoms with Crippen molar-refractivity contribution in [1.82, 2.24) is 10.3 Å². The normalized spacial score (nSPS) is 21.8. The van der Waals surface area contributed by atoms with Gasteiger partial charge in [0.25, 0.3) is 0 Å². The minimum Gasteiger partial charge on any atom is -0.368 e. The maximum absolute atomic E-state index is 14.1. The Morgan fingerprint density at radius 3 is 2.58 bits per heavy atom.